The van der Waals surface area contributed by atoms with E-state index in [0.717, 1.165) is 0 Å². The quantitative estimate of drug-likeness (QED) is 0.475. The molecule has 0 aliphatic carbocycles. The third kappa shape index (κ3) is 3.05. The van der Waals surface area contributed by atoms with E-state index in [1.165, 1.54) is 12.3 Å². The molecule has 8 heteroatoms. The molecule has 0 bridgehead atoms. The Kier molecular flexibility index (Phi) is 4.18. The Labute approximate surface area is 116 Å². The molecule has 0 amide bonds. The summed E-state index contributed by atoms with van der Waals surface area (Å²) in [6.45, 7) is -0.103. The lowest BCUT2D eigenvalue weighted by Gasteiger charge is -2.10. The largest absolute Gasteiger partial charge is 0.392 e. The van der Waals surface area contributed by atoms with Gasteiger partial charge in [0.2, 0.25) is 5.03 Å². The van der Waals surface area contributed by atoms with Crippen LogP contribution in [0.25, 0.3) is 0 Å². The Bertz CT molecular complexity index is 686. The smallest absolute Gasteiger partial charge is 0.281 e. The second-order valence-corrected chi connectivity index (χ2v) is 5.56. The van der Waals surface area contributed by atoms with Crippen molar-refractivity contribution in [3.05, 3.63) is 48.2 Å². The van der Waals surface area contributed by atoms with Crippen molar-refractivity contribution in [3.63, 3.8) is 0 Å². The number of sulfonamides is 1. The summed E-state index contributed by atoms with van der Waals surface area (Å²) in [5.74, 6) is 5.27. The Hall–Kier alpha value is -2.16. The number of nitrogens with two attached hydrogens (primary N) is 1. The van der Waals surface area contributed by atoms with E-state index >= 15 is 0 Å². The summed E-state index contributed by atoms with van der Waals surface area (Å²) in [5.41, 5.74) is 3.55. The molecule has 7 nitrogen and oxygen atoms in total. The number of pyridine rings is 1. The van der Waals surface area contributed by atoms with Crippen LogP contribution in [0, 0.1) is 0 Å². The molecule has 0 aliphatic heterocycles. The van der Waals surface area contributed by atoms with Crippen molar-refractivity contribution in [3.8, 4) is 0 Å². The number of aliphatic hydroxyl groups excluding tert-OH is 1. The highest BCUT2D eigenvalue weighted by Gasteiger charge is 2.19. The van der Waals surface area contributed by atoms with Gasteiger partial charge in [-0.1, -0.05) is 12.1 Å². The van der Waals surface area contributed by atoms with Crippen molar-refractivity contribution in [2.45, 2.75) is 11.6 Å². The van der Waals surface area contributed by atoms with Gasteiger partial charge >= 0.3 is 0 Å². The minimum absolute atomic E-state index is 0.103. The summed E-state index contributed by atoms with van der Waals surface area (Å²) in [4.78, 5) is 3.82. The molecule has 2 aromatic rings. The lowest BCUT2D eigenvalue weighted by atomic mass is 10.2. The number of nitrogen functional groups attached to an aromatic ring is 1. The first-order valence-electron chi connectivity index (χ1n) is 5.71. The van der Waals surface area contributed by atoms with Crippen LogP contribution in [0.2, 0.25) is 0 Å². The molecule has 0 unspecified atom stereocenters. The minimum atomic E-state index is -3.84. The van der Waals surface area contributed by atoms with Crippen LogP contribution in [-0.2, 0) is 16.6 Å². The van der Waals surface area contributed by atoms with Crippen molar-refractivity contribution < 1.29 is 13.5 Å². The van der Waals surface area contributed by atoms with Gasteiger partial charge in [0.25, 0.3) is 10.0 Å². The van der Waals surface area contributed by atoms with Gasteiger partial charge in [-0.25, -0.2) is 4.98 Å². The fraction of sp³-hybridized carbons (Fsp3) is 0.0833. The lowest BCUT2D eigenvalue weighted by molar-refractivity contribution is 0.282. The molecule has 0 saturated heterocycles. The number of hydrogen-bond donors (Lipinski definition) is 4. The van der Waals surface area contributed by atoms with Crippen LogP contribution in [0.15, 0.2) is 47.6 Å². The fourth-order valence-corrected chi connectivity index (χ4v) is 2.76. The van der Waals surface area contributed by atoms with Gasteiger partial charge in [0.15, 0.2) is 0 Å². The molecule has 1 heterocycles. The van der Waals surface area contributed by atoms with E-state index in [4.69, 9.17) is 10.9 Å². The number of aliphatic hydroxyl groups is 1. The molecule has 0 saturated carbocycles. The molecule has 2 rings (SSSR count). The van der Waals surface area contributed by atoms with Crippen LogP contribution in [0.1, 0.15) is 5.56 Å². The molecule has 1 aromatic carbocycles. The van der Waals surface area contributed by atoms with E-state index in [2.05, 4.69) is 15.1 Å². The first-order chi connectivity index (χ1) is 9.56. The number of nitrogens with one attached hydrogen (secondary N) is 2. The summed E-state index contributed by atoms with van der Waals surface area (Å²) < 4.78 is 26.8. The van der Waals surface area contributed by atoms with Gasteiger partial charge in [-0.3, -0.25) is 10.6 Å². The summed E-state index contributed by atoms with van der Waals surface area (Å²) in [5, 5.41) is 8.75. The molecule has 0 spiro atoms. The zero-order valence-electron chi connectivity index (χ0n) is 10.4. The number of aromatic nitrogens is 1. The third-order valence-electron chi connectivity index (χ3n) is 2.57. The Morgan fingerprint density at radius 1 is 1.20 bits per heavy atom. The Balaban J connectivity index is 2.30. The monoisotopic (exact) mass is 294 g/mol. The number of benzene rings is 1. The normalized spacial score (nSPS) is 11.1. The van der Waals surface area contributed by atoms with E-state index in [1.807, 2.05) is 0 Å². The Morgan fingerprint density at radius 3 is 2.50 bits per heavy atom. The second kappa shape index (κ2) is 5.87. The summed E-state index contributed by atoms with van der Waals surface area (Å²) in [6, 6.07) is 9.45. The van der Waals surface area contributed by atoms with Gasteiger partial charge in [-0.2, -0.15) is 8.42 Å². The number of nitrogens with zero attached hydrogens (tertiary/aromatic N) is 1. The van der Waals surface area contributed by atoms with E-state index < -0.39 is 10.0 Å². The topological polar surface area (TPSA) is 117 Å². The molecule has 20 heavy (non-hydrogen) atoms. The maximum atomic E-state index is 12.2. The minimum Gasteiger partial charge on any atom is -0.392 e. The zero-order valence-corrected chi connectivity index (χ0v) is 11.3. The van der Waals surface area contributed by atoms with Gasteiger partial charge in [0.1, 0.15) is 0 Å². The average Bonchev–Trinajstić information content (AvgIpc) is 2.47. The second-order valence-electron chi connectivity index (χ2n) is 3.96. The molecule has 0 fully saturated rings. The van der Waals surface area contributed by atoms with Gasteiger partial charge in [0, 0.05) is 11.9 Å². The number of anilines is 2. The zero-order chi connectivity index (χ0) is 14.6. The van der Waals surface area contributed by atoms with Gasteiger partial charge in [0.05, 0.1) is 12.3 Å². The van der Waals surface area contributed by atoms with Crippen LogP contribution in [0.3, 0.4) is 0 Å². The molecule has 0 aliphatic rings. The molecule has 5 N–H and O–H groups in total. The number of rotatable bonds is 5. The van der Waals surface area contributed by atoms with Crippen molar-refractivity contribution in [2.75, 3.05) is 10.1 Å². The van der Waals surface area contributed by atoms with E-state index in [9.17, 15) is 8.42 Å². The SMILES string of the molecule is NNc1cccnc1S(=O)(=O)Nc1ccc(CO)cc1. The van der Waals surface area contributed by atoms with E-state index in [-0.39, 0.29) is 17.3 Å². The highest BCUT2D eigenvalue weighted by Crippen LogP contribution is 2.20. The molecule has 1 aromatic heterocycles. The van der Waals surface area contributed by atoms with E-state index in [0.29, 0.717) is 11.3 Å². The molecule has 106 valence electrons. The molecule has 0 radical (unpaired) electrons. The molecular weight excluding hydrogens is 280 g/mol. The van der Waals surface area contributed by atoms with Crippen LogP contribution in [0.4, 0.5) is 11.4 Å². The van der Waals surface area contributed by atoms with Gasteiger partial charge < -0.3 is 10.5 Å². The average molecular weight is 294 g/mol. The first kappa shape index (κ1) is 14.3. The Morgan fingerprint density at radius 2 is 1.90 bits per heavy atom. The van der Waals surface area contributed by atoms with Crippen LogP contribution >= 0.6 is 0 Å². The summed E-state index contributed by atoms with van der Waals surface area (Å²) >= 11 is 0. The standard InChI is InChI=1S/C12H14N4O3S/c13-15-11-2-1-7-14-12(11)20(18,19)16-10-5-3-9(8-17)4-6-10/h1-7,15-17H,8,13H2. The predicted octanol–water partition coefficient (Wildman–Crippen LogP) is 0.660. The van der Waals surface area contributed by atoms with Gasteiger partial charge in [-0.15, -0.1) is 0 Å². The molecule has 0 atom stereocenters. The van der Waals surface area contributed by atoms with E-state index in [1.54, 1.807) is 30.3 Å². The van der Waals surface area contributed by atoms with Crippen molar-refractivity contribution in [1.29, 1.82) is 0 Å². The van der Waals surface area contributed by atoms with Crippen LogP contribution < -0.4 is 16.0 Å². The fourth-order valence-electron chi connectivity index (χ4n) is 1.60. The van der Waals surface area contributed by atoms with Crippen LogP contribution in [-0.4, -0.2) is 18.5 Å². The van der Waals surface area contributed by atoms with Crippen molar-refractivity contribution in [1.82, 2.24) is 4.98 Å². The lowest BCUT2D eigenvalue weighted by Crippen LogP contribution is -2.18. The van der Waals surface area contributed by atoms with Crippen molar-refractivity contribution in [2.24, 2.45) is 5.84 Å². The highest BCUT2D eigenvalue weighted by molar-refractivity contribution is 7.92. The predicted molar refractivity (Wildman–Crippen MR) is 75.2 cm³/mol. The maximum Gasteiger partial charge on any atom is 0.281 e. The number of hydrazine groups is 1. The highest BCUT2D eigenvalue weighted by atomic mass is 32.2. The summed E-state index contributed by atoms with van der Waals surface area (Å²) in [7, 11) is -3.84. The maximum absolute atomic E-state index is 12.2. The summed E-state index contributed by atoms with van der Waals surface area (Å²) in [6.07, 6.45) is 1.37. The van der Waals surface area contributed by atoms with Crippen molar-refractivity contribution >= 4 is 21.4 Å². The third-order valence-corrected chi connectivity index (χ3v) is 3.91. The first-order valence-corrected chi connectivity index (χ1v) is 7.19. The van der Waals surface area contributed by atoms with Gasteiger partial charge in [-0.05, 0) is 29.8 Å². The molecular formula is C12H14N4O3S. The van der Waals surface area contributed by atoms with Crippen LogP contribution in [0.5, 0.6) is 0 Å². The number of hydrogen-bond acceptors (Lipinski definition) is 6.